The number of halogens is 1. The van der Waals surface area contributed by atoms with Gasteiger partial charge >= 0.3 is 0 Å². The van der Waals surface area contributed by atoms with Crippen molar-refractivity contribution in [2.45, 2.75) is 12.5 Å². The van der Waals surface area contributed by atoms with Crippen LogP contribution < -0.4 is 5.32 Å². The van der Waals surface area contributed by atoms with E-state index in [0.29, 0.717) is 12.5 Å². The molecule has 4 nitrogen and oxygen atoms in total. The molecule has 0 aliphatic heterocycles. The summed E-state index contributed by atoms with van der Waals surface area (Å²) < 4.78 is 5.06. The van der Waals surface area contributed by atoms with Gasteiger partial charge in [0.2, 0.25) is 0 Å². The third kappa shape index (κ3) is 3.89. The van der Waals surface area contributed by atoms with Crippen LogP contribution in [0.2, 0.25) is 0 Å². The van der Waals surface area contributed by atoms with Crippen molar-refractivity contribution in [1.82, 2.24) is 9.97 Å². The third-order valence-electron chi connectivity index (χ3n) is 1.76. The first-order chi connectivity index (χ1) is 6.86. The first-order valence-electron chi connectivity index (χ1n) is 4.44. The van der Waals surface area contributed by atoms with Crippen LogP contribution in [0.5, 0.6) is 0 Å². The van der Waals surface area contributed by atoms with Crippen LogP contribution in [0.1, 0.15) is 6.42 Å². The maximum absolute atomic E-state index is 5.67. The van der Waals surface area contributed by atoms with Gasteiger partial charge in [0.05, 0.1) is 12.6 Å². The standard InChI is InChI=1S/C9H14ClN3O/c1-14-6-8(2-4-10)13-9-3-5-11-7-12-9/h3,5,7-8H,2,4,6H2,1H3,(H,11,12,13). The second-order valence-corrected chi connectivity index (χ2v) is 3.25. The van der Waals surface area contributed by atoms with Crippen molar-refractivity contribution in [1.29, 1.82) is 0 Å². The van der Waals surface area contributed by atoms with Crippen LogP contribution in [-0.4, -0.2) is 35.6 Å². The van der Waals surface area contributed by atoms with Gasteiger partial charge in [-0.25, -0.2) is 9.97 Å². The number of alkyl halides is 1. The average molecular weight is 216 g/mol. The Morgan fingerprint density at radius 1 is 1.64 bits per heavy atom. The quantitative estimate of drug-likeness (QED) is 0.732. The molecule has 1 rings (SSSR count). The van der Waals surface area contributed by atoms with Gasteiger partial charge in [-0.3, -0.25) is 0 Å². The zero-order valence-corrected chi connectivity index (χ0v) is 8.87. The Hall–Kier alpha value is -0.870. The number of aromatic nitrogens is 2. The second kappa shape index (κ2) is 6.56. The summed E-state index contributed by atoms with van der Waals surface area (Å²) in [5.74, 6) is 1.40. The summed E-state index contributed by atoms with van der Waals surface area (Å²) in [5, 5.41) is 3.22. The molecular weight excluding hydrogens is 202 g/mol. The molecule has 1 atom stereocenters. The van der Waals surface area contributed by atoms with Crippen molar-refractivity contribution < 1.29 is 4.74 Å². The van der Waals surface area contributed by atoms with Gasteiger partial charge in [-0.1, -0.05) is 0 Å². The Morgan fingerprint density at radius 2 is 2.50 bits per heavy atom. The Morgan fingerprint density at radius 3 is 3.07 bits per heavy atom. The fourth-order valence-corrected chi connectivity index (χ4v) is 1.38. The lowest BCUT2D eigenvalue weighted by Crippen LogP contribution is -2.25. The van der Waals surface area contributed by atoms with Gasteiger partial charge in [-0.2, -0.15) is 0 Å². The third-order valence-corrected chi connectivity index (χ3v) is 1.98. The van der Waals surface area contributed by atoms with E-state index >= 15 is 0 Å². The lowest BCUT2D eigenvalue weighted by Gasteiger charge is -2.16. The van der Waals surface area contributed by atoms with Crippen LogP contribution in [0.15, 0.2) is 18.6 Å². The van der Waals surface area contributed by atoms with E-state index in [2.05, 4.69) is 15.3 Å². The maximum atomic E-state index is 5.67. The van der Waals surface area contributed by atoms with Gasteiger partial charge in [-0.15, -0.1) is 11.6 Å². The summed E-state index contributed by atoms with van der Waals surface area (Å²) in [6.07, 6.45) is 4.05. The van der Waals surface area contributed by atoms with E-state index in [1.165, 1.54) is 6.33 Å². The Balaban J connectivity index is 2.46. The maximum Gasteiger partial charge on any atom is 0.129 e. The highest BCUT2D eigenvalue weighted by Gasteiger charge is 2.07. The minimum Gasteiger partial charge on any atom is -0.383 e. The molecular formula is C9H14ClN3O. The number of anilines is 1. The first-order valence-corrected chi connectivity index (χ1v) is 4.97. The zero-order valence-electron chi connectivity index (χ0n) is 8.11. The molecule has 1 aromatic heterocycles. The first kappa shape index (κ1) is 11.2. The highest BCUT2D eigenvalue weighted by molar-refractivity contribution is 6.17. The minimum atomic E-state index is 0.201. The summed E-state index contributed by atoms with van der Waals surface area (Å²) in [6.45, 7) is 0.622. The topological polar surface area (TPSA) is 47.0 Å². The van der Waals surface area contributed by atoms with Gasteiger partial charge in [0, 0.05) is 19.2 Å². The van der Waals surface area contributed by atoms with Crippen molar-refractivity contribution in [2.24, 2.45) is 0 Å². The van der Waals surface area contributed by atoms with Crippen LogP contribution >= 0.6 is 11.6 Å². The van der Waals surface area contributed by atoms with Crippen molar-refractivity contribution >= 4 is 17.4 Å². The van der Waals surface area contributed by atoms with Crippen LogP contribution in [0.3, 0.4) is 0 Å². The summed E-state index contributed by atoms with van der Waals surface area (Å²) >= 11 is 5.67. The van der Waals surface area contributed by atoms with Crippen molar-refractivity contribution in [3.05, 3.63) is 18.6 Å². The smallest absolute Gasteiger partial charge is 0.129 e. The molecule has 1 aromatic rings. The van der Waals surface area contributed by atoms with Crippen LogP contribution in [-0.2, 0) is 4.74 Å². The van der Waals surface area contributed by atoms with E-state index in [9.17, 15) is 0 Å². The molecule has 1 heterocycles. The van der Waals surface area contributed by atoms with Gasteiger partial charge in [0.15, 0.2) is 0 Å². The molecule has 0 aliphatic rings. The second-order valence-electron chi connectivity index (χ2n) is 2.87. The van der Waals surface area contributed by atoms with E-state index in [-0.39, 0.29) is 6.04 Å². The highest BCUT2D eigenvalue weighted by Crippen LogP contribution is 2.05. The summed E-state index contributed by atoms with van der Waals surface area (Å²) in [7, 11) is 1.67. The number of hydrogen-bond donors (Lipinski definition) is 1. The van der Waals surface area contributed by atoms with E-state index in [0.717, 1.165) is 12.2 Å². The fourth-order valence-electron chi connectivity index (χ4n) is 1.12. The number of nitrogens with zero attached hydrogens (tertiary/aromatic N) is 2. The largest absolute Gasteiger partial charge is 0.383 e. The molecule has 1 N–H and O–H groups in total. The van der Waals surface area contributed by atoms with Crippen LogP contribution in [0.4, 0.5) is 5.82 Å². The number of ether oxygens (including phenoxy) is 1. The van der Waals surface area contributed by atoms with E-state index < -0.39 is 0 Å². The van der Waals surface area contributed by atoms with Gasteiger partial charge < -0.3 is 10.1 Å². The summed E-state index contributed by atoms with van der Waals surface area (Å²) in [5.41, 5.74) is 0. The van der Waals surface area contributed by atoms with E-state index in [1.54, 1.807) is 13.3 Å². The molecule has 0 aliphatic carbocycles. The van der Waals surface area contributed by atoms with Crippen molar-refractivity contribution in [3.63, 3.8) is 0 Å². The predicted molar refractivity (Wildman–Crippen MR) is 56.7 cm³/mol. The van der Waals surface area contributed by atoms with E-state index in [4.69, 9.17) is 16.3 Å². The molecule has 0 fully saturated rings. The number of hydrogen-bond acceptors (Lipinski definition) is 4. The summed E-state index contributed by atoms with van der Waals surface area (Å²) in [4.78, 5) is 7.90. The molecule has 0 bridgehead atoms. The Kier molecular flexibility index (Phi) is 5.25. The number of methoxy groups -OCH3 is 1. The highest BCUT2D eigenvalue weighted by atomic mass is 35.5. The molecule has 0 aromatic carbocycles. The minimum absolute atomic E-state index is 0.201. The molecule has 0 saturated heterocycles. The molecule has 14 heavy (non-hydrogen) atoms. The molecule has 0 spiro atoms. The normalized spacial score (nSPS) is 12.4. The SMILES string of the molecule is COCC(CCCl)Nc1ccncn1. The average Bonchev–Trinajstić information content (AvgIpc) is 2.20. The molecule has 0 amide bonds. The number of rotatable bonds is 6. The fraction of sp³-hybridized carbons (Fsp3) is 0.556. The zero-order chi connectivity index (χ0) is 10.2. The van der Waals surface area contributed by atoms with Gasteiger partial charge in [0.25, 0.3) is 0 Å². The Bertz CT molecular complexity index is 239. The molecule has 0 saturated carbocycles. The van der Waals surface area contributed by atoms with Crippen molar-refractivity contribution in [3.8, 4) is 0 Å². The molecule has 0 radical (unpaired) electrons. The molecule has 78 valence electrons. The molecule has 1 unspecified atom stereocenters. The van der Waals surface area contributed by atoms with Crippen LogP contribution in [0.25, 0.3) is 0 Å². The monoisotopic (exact) mass is 215 g/mol. The van der Waals surface area contributed by atoms with E-state index in [1.807, 2.05) is 6.07 Å². The van der Waals surface area contributed by atoms with Gasteiger partial charge in [0.1, 0.15) is 12.1 Å². The predicted octanol–water partition coefficient (Wildman–Crippen LogP) is 1.53. The summed E-state index contributed by atoms with van der Waals surface area (Å²) in [6, 6.07) is 2.02. The number of nitrogens with one attached hydrogen (secondary N) is 1. The molecule has 5 heteroatoms. The Labute approximate surface area is 88.7 Å². The lowest BCUT2D eigenvalue weighted by molar-refractivity contribution is 0.184. The lowest BCUT2D eigenvalue weighted by atomic mass is 10.2. The van der Waals surface area contributed by atoms with Crippen LogP contribution in [0, 0.1) is 0 Å². The van der Waals surface area contributed by atoms with Crippen molar-refractivity contribution in [2.75, 3.05) is 24.9 Å². The van der Waals surface area contributed by atoms with Gasteiger partial charge in [-0.05, 0) is 12.5 Å².